The minimum Gasteiger partial charge on any atom is -0.497 e. The summed E-state index contributed by atoms with van der Waals surface area (Å²) in [5, 5.41) is 7.90. The highest BCUT2D eigenvalue weighted by Crippen LogP contribution is 2.24. The standard InChI is InChI=1S/C22H26N4O2/c1-5-23-17-10-12-18(13-11-17)26-22(27)21(25(3)6-2)15-20(24-26)16-8-7-9-19(14-16)28-4/h7-15,23H,5-6H2,1-4H3. The molecule has 0 spiro atoms. The van der Waals surface area contributed by atoms with E-state index in [0.29, 0.717) is 11.4 Å². The molecular weight excluding hydrogens is 352 g/mol. The third-order valence-electron chi connectivity index (χ3n) is 4.64. The molecule has 1 aromatic heterocycles. The van der Waals surface area contributed by atoms with Crippen molar-refractivity contribution in [3.05, 3.63) is 65.0 Å². The highest BCUT2D eigenvalue weighted by molar-refractivity contribution is 5.65. The van der Waals surface area contributed by atoms with E-state index in [-0.39, 0.29) is 5.56 Å². The summed E-state index contributed by atoms with van der Waals surface area (Å²) in [6.45, 7) is 5.62. The van der Waals surface area contributed by atoms with Gasteiger partial charge < -0.3 is 15.0 Å². The lowest BCUT2D eigenvalue weighted by atomic mass is 10.1. The molecule has 0 radical (unpaired) electrons. The van der Waals surface area contributed by atoms with Crippen molar-refractivity contribution >= 4 is 11.4 Å². The van der Waals surface area contributed by atoms with Crippen molar-refractivity contribution in [3.8, 4) is 22.7 Å². The Kier molecular flexibility index (Phi) is 5.99. The summed E-state index contributed by atoms with van der Waals surface area (Å²) in [6, 6.07) is 17.2. The minimum absolute atomic E-state index is 0.146. The van der Waals surface area contributed by atoms with Crippen LogP contribution >= 0.6 is 0 Å². The molecule has 0 bridgehead atoms. The predicted molar refractivity (Wildman–Crippen MR) is 115 cm³/mol. The lowest BCUT2D eigenvalue weighted by molar-refractivity contribution is 0.415. The van der Waals surface area contributed by atoms with Crippen molar-refractivity contribution in [1.82, 2.24) is 9.78 Å². The van der Waals surface area contributed by atoms with Crippen LogP contribution in [0.4, 0.5) is 11.4 Å². The van der Waals surface area contributed by atoms with E-state index in [1.807, 2.05) is 80.4 Å². The van der Waals surface area contributed by atoms with Gasteiger partial charge in [0.25, 0.3) is 5.56 Å². The highest BCUT2D eigenvalue weighted by Gasteiger charge is 2.14. The Hall–Kier alpha value is -3.28. The van der Waals surface area contributed by atoms with Gasteiger partial charge in [-0.25, -0.2) is 0 Å². The first-order valence-corrected chi connectivity index (χ1v) is 9.41. The van der Waals surface area contributed by atoms with Crippen LogP contribution in [0, 0.1) is 0 Å². The molecule has 0 amide bonds. The van der Waals surface area contributed by atoms with Gasteiger partial charge >= 0.3 is 0 Å². The Bertz CT molecular complexity index is 996. The Morgan fingerprint density at radius 3 is 2.50 bits per heavy atom. The van der Waals surface area contributed by atoms with Crippen molar-refractivity contribution in [1.29, 1.82) is 0 Å². The topological polar surface area (TPSA) is 59.4 Å². The molecule has 0 saturated carbocycles. The Labute approximate surface area is 165 Å². The maximum absolute atomic E-state index is 13.1. The van der Waals surface area contributed by atoms with Crippen LogP contribution in [0.3, 0.4) is 0 Å². The molecule has 3 rings (SSSR count). The van der Waals surface area contributed by atoms with E-state index in [9.17, 15) is 4.79 Å². The number of rotatable bonds is 7. The van der Waals surface area contributed by atoms with Crippen molar-refractivity contribution in [2.24, 2.45) is 0 Å². The molecule has 6 nitrogen and oxygen atoms in total. The van der Waals surface area contributed by atoms with Gasteiger partial charge in [-0.3, -0.25) is 4.79 Å². The lowest BCUT2D eigenvalue weighted by Gasteiger charge is -2.19. The van der Waals surface area contributed by atoms with Gasteiger partial charge in [0.1, 0.15) is 11.4 Å². The van der Waals surface area contributed by atoms with Gasteiger partial charge in [0.15, 0.2) is 0 Å². The summed E-state index contributed by atoms with van der Waals surface area (Å²) < 4.78 is 6.80. The average Bonchev–Trinajstić information content (AvgIpc) is 2.74. The third-order valence-corrected chi connectivity index (χ3v) is 4.64. The third kappa shape index (κ3) is 4.01. The molecule has 2 aromatic carbocycles. The fourth-order valence-electron chi connectivity index (χ4n) is 2.95. The van der Waals surface area contributed by atoms with Gasteiger partial charge in [-0.1, -0.05) is 12.1 Å². The van der Waals surface area contributed by atoms with Crippen molar-refractivity contribution in [2.45, 2.75) is 13.8 Å². The van der Waals surface area contributed by atoms with Crippen LogP contribution in [0.5, 0.6) is 5.75 Å². The van der Waals surface area contributed by atoms with Crippen LogP contribution in [0.15, 0.2) is 59.4 Å². The molecule has 6 heteroatoms. The Balaban J connectivity index is 2.16. The van der Waals surface area contributed by atoms with E-state index in [1.54, 1.807) is 7.11 Å². The summed E-state index contributed by atoms with van der Waals surface area (Å²) in [6.07, 6.45) is 0. The number of nitrogens with zero attached hydrogens (tertiary/aromatic N) is 3. The molecule has 0 fully saturated rings. The molecule has 1 heterocycles. The predicted octanol–water partition coefficient (Wildman–Crippen LogP) is 3.80. The molecule has 0 aliphatic rings. The molecule has 146 valence electrons. The van der Waals surface area contributed by atoms with Crippen molar-refractivity contribution in [3.63, 3.8) is 0 Å². The molecule has 28 heavy (non-hydrogen) atoms. The molecule has 0 aliphatic carbocycles. The van der Waals surface area contributed by atoms with Crippen LogP contribution in [0.1, 0.15) is 13.8 Å². The van der Waals surface area contributed by atoms with E-state index in [4.69, 9.17) is 4.74 Å². The maximum Gasteiger partial charge on any atom is 0.295 e. The fourth-order valence-corrected chi connectivity index (χ4v) is 2.95. The van der Waals surface area contributed by atoms with E-state index < -0.39 is 0 Å². The van der Waals surface area contributed by atoms with Gasteiger partial charge in [0.2, 0.25) is 0 Å². The molecule has 0 atom stereocenters. The normalized spacial score (nSPS) is 10.6. The highest BCUT2D eigenvalue weighted by atomic mass is 16.5. The monoisotopic (exact) mass is 378 g/mol. The summed E-state index contributed by atoms with van der Waals surface area (Å²) in [5.41, 5.74) is 3.79. The lowest BCUT2D eigenvalue weighted by Crippen LogP contribution is -2.30. The van der Waals surface area contributed by atoms with Crippen molar-refractivity contribution < 1.29 is 4.74 Å². The molecule has 0 unspecified atom stereocenters. The van der Waals surface area contributed by atoms with Crippen LogP contribution in [-0.4, -0.2) is 37.0 Å². The van der Waals surface area contributed by atoms with Gasteiger partial charge in [0.05, 0.1) is 18.5 Å². The summed E-state index contributed by atoms with van der Waals surface area (Å²) in [7, 11) is 3.54. The van der Waals surface area contributed by atoms with Crippen LogP contribution in [-0.2, 0) is 0 Å². The largest absolute Gasteiger partial charge is 0.497 e. The van der Waals surface area contributed by atoms with Gasteiger partial charge in [-0.15, -0.1) is 0 Å². The number of hydrogen-bond acceptors (Lipinski definition) is 5. The molecule has 0 aliphatic heterocycles. The zero-order valence-electron chi connectivity index (χ0n) is 16.8. The minimum atomic E-state index is -0.146. The SMILES string of the molecule is CCNc1ccc(-n2nc(-c3cccc(OC)c3)cc(N(C)CC)c2=O)cc1. The second kappa shape index (κ2) is 8.61. The average molecular weight is 378 g/mol. The summed E-state index contributed by atoms with van der Waals surface area (Å²) in [5.74, 6) is 0.748. The second-order valence-electron chi connectivity index (χ2n) is 6.46. The summed E-state index contributed by atoms with van der Waals surface area (Å²) >= 11 is 0. The zero-order chi connectivity index (χ0) is 20.1. The zero-order valence-corrected chi connectivity index (χ0v) is 16.8. The number of benzene rings is 2. The van der Waals surface area contributed by atoms with E-state index in [0.717, 1.165) is 35.8 Å². The summed E-state index contributed by atoms with van der Waals surface area (Å²) in [4.78, 5) is 15.0. The van der Waals surface area contributed by atoms with E-state index in [1.165, 1.54) is 4.68 Å². The van der Waals surface area contributed by atoms with Crippen LogP contribution in [0.2, 0.25) is 0 Å². The first kappa shape index (κ1) is 19.5. The number of anilines is 2. The first-order chi connectivity index (χ1) is 13.6. The van der Waals surface area contributed by atoms with E-state index in [2.05, 4.69) is 10.4 Å². The Morgan fingerprint density at radius 2 is 1.86 bits per heavy atom. The molecule has 1 N–H and O–H groups in total. The van der Waals surface area contributed by atoms with E-state index >= 15 is 0 Å². The number of hydrogen-bond donors (Lipinski definition) is 1. The molecule has 3 aromatic rings. The fraction of sp³-hybridized carbons (Fsp3) is 0.273. The number of nitrogens with one attached hydrogen (secondary N) is 1. The van der Waals surface area contributed by atoms with Gasteiger partial charge in [0, 0.05) is 31.4 Å². The van der Waals surface area contributed by atoms with Gasteiger partial charge in [-0.05, 0) is 56.3 Å². The number of methoxy groups -OCH3 is 1. The first-order valence-electron chi connectivity index (χ1n) is 9.41. The molecular formula is C22H26N4O2. The van der Waals surface area contributed by atoms with Crippen LogP contribution in [0.25, 0.3) is 16.9 Å². The van der Waals surface area contributed by atoms with Crippen LogP contribution < -0.4 is 20.5 Å². The van der Waals surface area contributed by atoms with Gasteiger partial charge in [-0.2, -0.15) is 9.78 Å². The smallest absolute Gasteiger partial charge is 0.295 e. The molecule has 0 saturated heterocycles. The number of ether oxygens (including phenoxy) is 1. The number of aromatic nitrogens is 2. The second-order valence-corrected chi connectivity index (χ2v) is 6.46. The Morgan fingerprint density at radius 1 is 1.11 bits per heavy atom. The quantitative estimate of drug-likeness (QED) is 0.678. The maximum atomic E-state index is 13.1. The van der Waals surface area contributed by atoms with Crippen molar-refractivity contribution in [2.75, 3.05) is 37.5 Å².